The molecule has 4 rings (SSSR count). The maximum Gasteiger partial charge on any atom is 0.0493 e. The molecule has 30 heavy (non-hydrogen) atoms. The van der Waals surface area contributed by atoms with E-state index in [-0.39, 0.29) is 25.8 Å². The van der Waals surface area contributed by atoms with Crippen molar-refractivity contribution in [2.45, 2.75) is 20.3 Å². The van der Waals surface area contributed by atoms with Gasteiger partial charge in [-0.25, -0.2) is 0 Å². The van der Waals surface area contributed by atoms with E-state index in [1.165, 1.54) is 16.4 Å². The summed E-state index contributed by atoms with van der Waals surface area (Å²) in [4.78, 5) is 4.39. The second-order valence-corrected chi connectivity index (χ2v) is 6.89. The largest absolute Gasteiger partial charge is 0.305 e. The number of halogens is 2. The van der Waals surface area contributed by atoms with Crippen LogP contribution in [0.4, 0.5) is 8.78 Å². The molecule has 0 bridgehead atoms. The number of benzene rings is 2. The Kier molecular flexibility index (Phi) is 9.03. The average Bonchev–Trinajstić information content (AvgIpc) is 3.23. The van der Waals surface area contributed by atoms with Gasteiger partial charge in [-0.1, -0.05) is 25.5 Å². The molecule has 0 amide bonds. The first-order chi connectivity index (χ1) is 14.0. The number of hydrogen-bond donors (Lipinski definition) is 0. The molecular weight excluding hydrogens is 560 g/mol. The molecule has 0 saturated carbocycles. The van der Waals surface area contributed by atoms with Gasteiger partial charge in [-0.05, 0) is 35.9 Å². The van der Waals surface area contributed by atoms with E-state index in [1.54, 1.807) is 12.3 Å². The van der Waals surface area contributed by atoms with Gasteiger partial charge in [0.1, 0.15) is 0 Å². The summed E-state index contributed by atoms with van der Waals surface area (Å²) < 4.78 is 26.9. The van der Waals surface area contributed by atoms with Gasteiger partial charge in [0.15, 0.2) is 0 Å². The van der Waals surface area contributed by atoms with Crippen molar-refractivity contribution >= 4 is 0 Å². The Bertz CT molecular complexity index is 1040. The molecule has 157 valence electrons. The molecule has 3 nitrogen and oxygen atoms in total. The Labute approximate surface area is 189 Å². The zero-order valence-electron chi connectivity index (χ0n) is 16.6. The standard InChI is InChI=1S/C15H16N.C9H5F2N2.Ir/c1-12(2)10-13-8-9-16-15(11-13)14-6-4-3-5-7-14;10-7-2-3-9(8(11)6-7)13-5-1-4-12-13;/h3-6,8-9,11-12H,10H2,1-2H3;1-2,4-6H;/q2*-1;. The molecule has 0 spiro atoms. The monoisotopic (exact) mass is 582 g/mol. The molecule has 2 heterocycles. The number of nitrogens with zero attached hydrogens (tertiary/aromatic N) is 3. The van der Waals surface area contributed by atoms with Gasteiger partial charge in [0.05, 0.1) is 0 Å². The number of rotatable bonds is 4. The van der Waals surface area contributed by atoms with Crippen LogP contribution in [-0.4, -0.2) is 14.8 Å². The van der Waals surface area contributed by atoms with E-state index in [0.717, 1.165) is 29.8 Å². The summed E-state index contributed by atoms with van der Waals surface area (Å²) in [6.45, 7) is 4.46. The van der Waals surface area contributed by atoms with Crippen molar-refractivity contribution in [3.63, 3.8) is 0 Å². The zero-order valence-corrected chi connectivity index (χ0v) is 19.0. The molecular formula is C24H21F2IrN3-2. The molecule has 0 aliphatic rings. The summed E-state index contributed by atoms with van der Waals surface area (Å²) in [5, 5.41) is 3.80. The van der Waals surface area contributed by atoms with Crippen LogP contribution < -0.4 is 0 Å². The second kappa shape index (κ2) is 11.5. The van der Waals surface area contributed by atoms with Gasteiger partial charge < -0.3 is 4.98 Å². The van der Waals surface area contributed by atoms with Gasteiger partial charge in [-0.15, -0.1) is 48.0 Å². The average molecular weight is 582 g/mol. The Balaban J connectivity index is 0.000000211. The molecule has 0 fully saturated rings. The molecule has 2 aromatic heterocycles. The first-order valence-corrected chi connectivity index (χ1v) is 9.31. The molecule has 6 heteroatoms. The van der Waals surface area contributed by atoms with Crippen molar-refractivity contribution in [3.05, 3.63) is 103 Å². The molecule has 0 saturated heterocycles. The number of hydrogen-bond acceptors (Lipinski definition) is 2. The minimum Gasteiger partial charge on any atom is -0.305 e. The van der Waals surface area contributed by atoms with E-state index in [4.69, 9.17) is 0 Å². The van der Waals surface area contributed by atoms with Gasteiger partial charge in [0.25, 0.3) is 0 Å². The molecule has 0 unspecified atom stereocenters. The van der Waals surface area contributed by atoms with Gasteiger partial charge in [0.2, 0.25) is 0 Å². The third kappa shape index (κ3) is 6.68. The van der Waals surface area contributed by atoms with E-state index in [1.807, 2.05) is 30.5 Å². The summed E-state index contributed by atoms with van der Waals surface area (Å²) in [6.07, 6.45) is 6.06. The number of aromatic nitrogens is 3. The number of pyridine rings is 1. The fourth-order valence-corrected chi connectivity index (χ4v) is 2.79. The van der Waals surface area contributed by atoms with Crippen molar-refractivity contribution < 1.29 is 28.9 Å². The topological polar surface area (TPSA) is 30.7 Å². The van der Waals surface area contributed by atoms with E-state index < -0.39 is 11.6 Å². The van der Waals surface area contributed by atoms with Crippen molar-refractivity contribution in [2.75, 3.05) is 0 Å². The van der Waals surface area contributed by atoms with Crippen molar-refractivity contribution in [1.29, 1.82) is 0 Å². The van der Waals surface area contributed by atoms with Crippen LogP contribution in [0.2, 0.25) is 0 Å². The fourth-order valence-electron chi connectivity index (χ4n) is 2.79. The third-order valence-electron chi connectivity index (χ3n) is 4.02. The predicted molar refractivity (Wildman–Crippen MR) is 109 cm³/mol. The molecule has 1 radical (unpaired) electrons. The van der Waals surface area contributed by atoms with Crippen LogP contribution in [0, 0.1) is 29.7 Å². The summed E-state index contributed by atoms with van der Waals surface area (Å²) >= 11 is 0. The van der Waals surface area contributed by atoms with Crippen molar-refractivity contribution in [1.82, 2.24) is 14.8 Å². The minimum atomic E-state index is -0.677. The van der Waals surface area contributed by atoms with Crippen LogP contribution in [0.1, 0.15) is 19.4 Å². The van der Waals surface area contributed by atoms with Gasteiger partial charge in [0, 0.05) is 50.3 Å². The molecule has 0 aliphatic carbocycles. The molecule has 0 aliphatic heterocycles. The van der Waals surface area contributed by atoms with E-state index in [9.17, 15) is 8.78 Å². The Morgan fingerprint density at radius 2 is 1.87 bits per heavy atom. The summed E-state index contributed by atoms with van der Waals surface area (Å²) in [7, 11) is 0. The quantitative estimate of drug-likeness (QED) is 0.290. The van der Waals surface area contributed by atoms with Crippen LogP contribution in [0.15, 0.2) is 73.2 Å². The summed E-state index contributed by atoms with van der Waals surface area (Å²) in [6, 6.07) is 21.4. The van der Waals surface area contributed by atoms with Crippen molar-refractivity contribution in [2.24, 2.45) is 5.92 Å². The Morgan fingerprint density at radius 3 is 2.50 bits per heavy atom. The van der Waals surface area contributed by atoms with Gasteiger partial charge in [-0.3, -0.25) is 13.5 Å². The first-order valence-electron chi connectivity index (χ1n) is 9.31. The van der Waals surface area contributed by atoms with Crippen molar-refractivity contribution in [3.8, 4) is 16.9 Å². The molecule has 4 aromatic rings. The maximum atomic E-state index is 13.1. The van der Waals surface area contributed by atoms with Gasteiger partial charge >= 0.3 is 0 Å². The van der Waals surface area contributed by atoms with Gasteiger partial charge in [-0.2, -0.15) is 11.2 Å². The van der Waals surface area contributed by atoms with E-state index >= 15 is 0 Å². The van der Waals surface area contributed by atoms with Crippen LogP contribution in [0.5, 0.6) is 0 Å². The summed E-state index contributed by atoms with van der Waals surface area (Å²) in [5.41, 5.74) is 3.54. The van der Waals surface area contributed by atoms with E-state index in [0.29, 0.717) is 5.92 Å². The van der Waals surface area contributed by atoms with E-state index in [2.05, 4.69) is 48.2 Å². The fraction of sp³-hybridized carbons (Fsp3) is 0.167. The molecule has 0 N–H and O–H groups in total. The Morgan fingerprint density at radius 1 is 1.03 bits per heavy atom. The van der Waals surface area contributed by atoms with Crippen LogP contribution in [0.25, 0.3) is 16.9 Å². The smallest absolute Gasteiger partial charge is 0.0493 e. The second-order valence-electron chi connectivity index (χ2n) is 6.89. The predicted octanol–water partition coefficient (Wildman–Crippen LogP) is 5.70. The summed E-state index contributed by atoms with van der Waals surface area (Å²) in [5.74, 6) is -0.646. The normalized spacial score (nSPS) is 10.2. The van der Waals surface area contributed by atoms with Crippen LogP contribution in [0.3, 0.4) is 0 Å². The Hall–Kier alpha value is -2.69. The molecule has 0 atom stereocenters. The first kappa shape index (κ1) is 23.6. The third-order valence-corrected chi connectivity index (χ3v) is 4.02. The molecule has 2 aromatic carbocycles. The van der Waals surface area contributed by atoms with Crippen LogP contribution in [-0.2, 0) is 26.5 Å². The SMILES string of the molecule is CC(C)Cc1ccnc(-c2[c-]cccc2)c1.Fc1c[c-]c(-n2cccn2)c(F)c1.[Ir]. The maximum absolute atomic E-state index is 13.1. The van der Waals surface area contributed by atoms with Crippen LogP contribution >= 0.6 is 0 Å². The zero-order chi connectivity index (χ0) is 20.6. The minimum absolute atomic E-state index is 0.